The van der Waals surface area contributed by atoms with Crippen LogP contribution in [-0.2, 0) is 14.3 Å². The van der Waals surface area contributed by atoms with Crippen LogP contribution in [0.25, 0.3) is 0 Å². The molecule has 0 radical (unpaired) electrons. The Morgan fingerprint density at radius 2 is 2.10 bits per heavy atom. The molecule has 3 fully saturated rings. The Kier molecular flexibility index (Phi) is 2.72. The van der Waals surface area contributed by atoms with Gasteiger partial charge in [0.2, 0.25) is 0 Å². The molecular weight excluding hydrogens is 256 g/mol. The van der Waals surface area contributed by atoms with Gasteiger partial charge in [-0.15, -0.1) is 0 Å². The molecule has 0 aromatic rings. The minimum absolute atomic E-state index is 0.0427. The maximum atomic E-state index is 12.5. The summed E-state index contributed by atoms with van der Waals surface area (Å²) in [4.78, 5) is 23.8. The van der Waals surface area contributed by atoms with Crippen molar-refractivity contribution in [2.75, 3.05) is 0 Å². The van der Waals surface area contributed by atoms with Crippen molar-refractivity contribution in [2.45, 2.75) is 51.7 Å². The van der Waals surface area contributed by atoms with Gasteiger partial charge >= 0.3 is 5.97 Å². The number of Topliss-reactive ketones (excluding diaryl/α,β-unsaturated/α-hetero) is 1. The Balaban J connectivity index is 2.05. The molecule has 3 aliphatic carbocycles. The van der Waals surface area contributed by atoms with Crippen molar-refractivity contribution in [3.8, 4) is 0 Å². The second-order valence-corrected chi connectivity index (χ2v) is 6.85. The summed E-state index contributed by atoms with van der Waals surface area (Å²) in [7, 11) is 0. The Hall–Kier alpha value is -1.16. The first-order valence-corrected chi connectivity index (χ1v) is 7.35. The lowest BCUT2D eigenvalue weighted by Gasteiger charge is -2.42. The minimum Gasteiger partial charge on any atom is -0.462 e. The van der Waals surface area contributed by atoms with Gasteiger partial charge in [0.05, 0.1) is 11.0 Å². The summed E-state index contributed by atoms with van der Waals surface area (Å²) in [5.74, 6) is -0.363. The van der Waals surface area contributed by atoms with Crippen molar-refractivity contribution in [1.82, 2.24) is 0 Å². The Bertz CT molecular complexity index is 511. The molecule has 1 N–H and O–H groups in total. The SMILES string of the molecule is C=C(C)[C@@H]1[C@@H]2[C@H](OC(C)=O)C[C@H](C)[C@@]3(O)CCC(=O)[C@]213. The van der Waals surface area contributed by atoms with Crippen LogP contribution >= 0.6 is 0 Å². The van der Waals surface area contributed by atoms with Crippen LogP contribution in [0.15, 0.2) is 12.2 Å². The molecule has 0 heterocycles. The van der Waals surface area contributed by atoms with Crippen LogP contribution in [0.3, 0.4) is 0 Å². The third-order valence-electron chi connectivity index (χ3n) is 5.83. The van der Waals surface area contributed by atoms with E-state index in [-0.39, 0.29) is 35.6 Å². The lowest BCUT2D eigenvalue weighted by Crippen LogP contribution is -2.51. The fourth-order valence-electron chi connectivity index (χ4n) is 5.17. The van der Waals surface area contributed by atoms with Crippen LogP contribution in [0.4, 0.5) is 0 Å². The number of ether oxygens (including phenoxy) is 1. The van der Waals surface area contributed by atoms with Crippen molar-refractivity contribution in [3.63, 3.8) is 0 Å². The number of hydrogen-bond acceptors (Lipinski definition) is 4. The molecule has 4 nitrogen and oxygen atoms in total. The molecule has 1 spiro atoms. The van der Waals surface area contributed by atoms with E-state index in [9.17, 15) is 14.7 Å². The van der Waals surface area contributed by atoms with Crippen LogP contribution in [0.2, 0.25) is 0 Å². The van der Waals surface area contributed by atoms with E-state index in [0.717, 1.165) is 5.57 Å². The molecule has 20 heavy (non-hydrogen) atoms. The summed E-state index contributed by atoms with van der Waals surface area (Å²) in [6, 6.07) is 0. The van der Waals surface area contributed by atoms with Gasteiger partial charge in [0.1, 0.15) is 11.9 Å². The molecule has 3 rings (SSSR count). The zero-order chi connectivity index (χ0) is 14.9. The maximum Gasteiger partial charge on any atom is 0.302 e. The monoisotopic (exact) mass is 278 g/mol. The Morgan fingerprint density at radius 1 is 1.45 bits per heavy atom. The third-order valence-corrected chi connectivity index (χ3v) is 5.83. The molecule has 0 unspecified atom stereocenters. The first-order chi connectivity index (χ1) is 9.26. The number of esters is 1. The number of aliphatic hydroxyl groups is 1. The number of hydrogen-bond donors (Lipinski definition) is 1. The third kappa shape index (κ3) is 1.36. The lowest BCUT2D eigenvalue weighted by atomic mass is 9.68. The topological polar surface area (TPSA) is 63.6 Å². The summed E-state index contributed by atoms with van der Waals surface area (Å²) in [6.07, 6.45) is 1.31. The van der Waals surface area contributed by atoms with Crippen LogP contribution in [0.5, 0.6) is 0 Å². The van der Waals surface area contributed by atoms with Crippen LogP contribution in [-0.4, -0.2) is 28.6 Å². The molecule has 0 aromatic heterocycles. The smallest absolute Gasteiger partial charge is 0.302 e. The number of carbonyl (C=O) groups is 2. The molecule has 4 heteroatoms. The maximum absolute atomic E-state index is 12.5. The van der Waals surface area contributed by atoms with Gasteiger partial charge in [0.15, 0.2) is 0 Å². The summed E-state index contributed by atoms with van der Waals surface area (Å²) in [5.41, 5.74) is -0.777. The molecule has 0 amide bonds. The van der Waals surface area contributed by atoms with Crippen molar-refractivity contribution in [3.05, 3.63) is 12.2 Å². The largest absolute Gasteiger partial charge is 0.462 e. The van der Waals surface area contributed by atoms with E-state index in [1.54, 1.807) is 0 Å². The number of rotatable bonds is 2. The summed E-state index contributed by atoms with van der Waals surface area (Å²) < 4.78 is 5.45. The highest BCUT2D eigenvalue weighted by Crippen LogP contribution is 2.77. The number of carbonyl (C=O) groups excluding carboxylic acids is 2. The molecule has 0 aliphatic heterocycles. The van der Waals surface area contributed by atoms with Crippen LogP contribution in [0.1, 0.15) is 40.0 Å². The van der Waals surface area contributed by atoms with Crippen molar-refractivity contribution in [1.29, 1.82) is 0 Å². The average molecular weight is 278 g/mol. The van der Waals surface area contributed by atoms with Gasteiger partial charge < -0.3 is 9.84 Å². The normalized spacial score (nSPS) is 49.3. The molecule has 0 saturated heterocycles. The molecule has 6 atom stereocenters. The van der Waals surface area contributed by atoms with Gasteiger partial charge in [-0.25, -0.2) is 0 Å². The average Bonchev–Trinajstić information content (AvgIpc) is 2.98. The fraction of sp³-hybridized carbons (Fsp3) is 0.750. The predicted octanol–water partition coefficient (Wildman–Crippen LogP) is 1.86. The number of ketones is 1. The van der Waals surface area contributed by atoms with Crippen molar-refractivity contribution in [2.24, 2.45) is 23.2 Å². The lowest BCUT2D eigenvalue weighted by molar-refractivity contribution is -0.163. The molecule has 0 aromatic carbocycles. The molecule has 3 saturated carbocycles. The second kappa shape index (κ2) is 3.94. The summed E-state index contributed by atoms with van der Waals surface area (Å²) in [6.45, 7) is 9.25. The molecule has 0 bridgehead atoms. The first-order valence-electron chi connectivity index (χ1n) is 7.35. The Labute approximate surface area is 119 Å². The highest BCUT2D eigenvalue weighted by molar-refractivity contribution is 5.94. The minimum atomic E-state index is -0.949. The summed E-state index contributed by atoms with van der Waals surface area (Å²) in [5, 5.41) is 11.1. The fourth-order valence-corrected chi connectivity index (χ4v) is 5.17. The van der Waals surface area contributed by atoms with Crippen LogP contribution < -0.4 is 0 Å². The van der Waals surface area contributed by atoms with E-state index in [1.165, 1.54) is 6.92 Å². The first kappa shape index (κ1) is 13.8. The molecule has 3 aliphatic rings. The predicted molar refractivity (Wildman–Crippen MR) is 72.8 cm³/mol. The van der Waals surface area contributed by atoms with Crippen molar-refractivity contribution < 1.29 is 19.4 Å². The van der Waals surface area contributed by atoms with E-state index in [2.05, 4.69) is 6.58 Å². The van der Waals surface area contributed by atoms with E-state index in [0.29, 0.717) is 19.3 Å². The standard InChI is InChI=1S/C16H22O4/c1-8(2)13-14-11(20-10(4)17)7-9(3)15(19)6-5-12(18)16(13,14)15/h9,11,13-14,19H,1,5-7H2,2-4H3/t9-,11+,13+,14-,15-,16+/m0/s1. The van der Waals surface area contributed by atoms with E-state index in [4.69, 9.17) is 4.74 Å². The Morgan fingerprint density at radius 3 is 2.65 bits per heavy atom. The summed E-state index contributed by atoms with van der Waals surface area (Å²) >= 11 is 0. The highest BCUT2D eigenvalue weighted by atomic mass is 16.5. The quantitative estimate of drug-likeness (QED) is 0.618. The number of allylic oxidation sites excluding steroid dienone is 1. The second-order valence-electron chi connectivity index (χ2n) is 6.85. The zero-order valence-electron chi connectivity index (χ0n) is 12.3. The van der Waals surface area contributed by atoms with Gasteiger partial charge in [0, 0.05) is 25.2 Å². The van der Waals surface area contributed by atoms with Crippen LogP contribution in [0, 0.1) is 23.2 Å². The highest BCUT2D eigenvalue weighted by Gasteiger charge is 2.84. The van der Waals surface area contributed by atoms with Gasteiger partial charge in [-0.3, -0.25) is 9.59 Å². The van der Waals surface area contributed by atoms with Gasteiger partial charge in [0.25, 0.3) is 0 Å². The van der Waals surface area contributed by atoms with E-state index < -0.39 is 11.0 Å². The zero-order valence-corrected chi connectivity index (χ0v) is 12.3. The molecule has 110 valence electrons. The van der Waals surface area contributed by atoms with E-state index in [1.807, 2.05) is 13.8 Å². The molecular formula is C16H22O4. The van der Waals surface area contributed by atoms with Crippen molar-refractivity contribution >= 4 is 11.8 Å². The van der Waals surface area contributed by atoms with Gasteiger partial charge in [-0.05, 0) is 25.7 Å². The van der Waals surface area contributed by atoms with Gasteiger partial charge in [-0.1, -0.05) is 19.1 Å². The van der Waals surface area contributed by atoms with Gasteiger partial charge in [-0.2, -0.15) is 0 Å². The van der Waals surface area contributed by atoms with E-state index >= 15 is 0 Å².